The molecule has 0 N–H and O–H groups in total. The van der Waals surface area contributed by atoms with Crippen LogP contribution in [0.4, 0.5) is 0 Å². The third-order valence-corrected chi connectivity index (χ3v) is 5.15. The quantitative estimate of drug-likeness (QED) is 0.306. The predicted octanol–water partition coefficient (Wildman–Crippen LogP) is 7.06. The summed E-state index contributed by atoms with van der Waals surface area (Å²) in [7, 11) is 0. The number of fused-ring (bicyclic) bond motifs is 3. The molecule has 25 heavy (non-hydrogen) atoms. The molecule has 0 saturated carbocycles. The zero-order chi connectivity index (χ0) is 17.5. The number of aryl methyl sites for hydroxylation is 2. The van der Waals surface area contributed by atoms with Crippen molar-refractivity contribution in [3.8, 4) is 11.1 Å². The molecule has 0 aliphatic heterocycles. The maximum Gasteiger partial charge on any atom is -0.00133 e. The summed E-state index contributed by atoms with van der Waals surface area (Å²) in [5.41, 5.74) is 8.92. The Hall–Kier alpha value is -2.08. The first-order chi connectivity index (χ1) is 12.3. The van der Waals surface area contributed by atoms with Gasteiger partial charge < -0.3 is 0 Å². The lowest BCUT2D eigenvalue weighted by Crippen LogP contribution is -1.88. The Morgan fingerprint density at radius 3 is 1.64 bits per heavy atom. The Kier molecular flexibility index (Phi) is 6.28. The van der Waals surface area contributed by atoms with Crippen LogP contribution < -0.4 is 0 Å². The molecule has 0 nitrogen and oxygen atoms in total. The number of benzene rings is 2. The van der Waals surface area contributed by atoms with Gasteiger partial charge in [0.1, 0.15) is 0 Å². The molecule has 1 aliphatic carbocycles. The molecule has 0 radical (unpaired) electrons. The number of allylic oxidation sites excluding steroid dienone is 4. The van der Waals surface area contributed by atoms with Gasteiger partial charge in [0.15, 0.2) is 0 Å². The molecule has 0 spiro atoms. The molecule has 0 bridgehead atoms. The van der Waals surface area contributed by atoms with Crippen LogP contribution in [0.15, 0.2) is 60.7 Å². The highest BCUT2D eigenvalue weighted by atomic mass is 14.2. The summed E-state index contributed by atoms with van der Waals surface area (Å²) < 4.78 is 0. The smallest absolute Gasteiger partial charge is 0.00133 e. The van der Waals surface area contributed by atoms with E-state index in [1.807, 2.05) is 0 Å². The molecule has 0 atom stereocenters. The van der Waals surface area contributed by atoms with E-state index in [9.17, 15) is 0 Å². The molecular formula is C25H30. The second-order valence-corrected chi connectivity index (χ2v) is 7.08. The van der Waals surface area contributed by atoms with Gasteiger partial charge in [-0.3, -0.25) is 0 Å². The topological polar surface area (TPSA) is 0 Å². The SMILES string of the molecule is C/C=C/CCCc1ccc2c(c1)Cc1cc(CCC/C=C/C)ccc1-2. The van der Waals surface area contributed by atoms with Crippen LogP contribution in [0, 0.1) is 0 Å². The van der Waals surface area contributed by atoms with Crippen LogP contribution in [0.2, 0.25) is 0 Å². The van der Waals surface area contributed by atoms with Crippen LogP contribution in [-0.4, -0.2) is 0 Å². The number of unbranched alkanes of at least 4 members (excludes halogenated alkanes) is 2. The molecule has 0 heterocycles. The lowest BCUT2D eigenvalue weighted by atomic mass is 9.99. The average Bonchev–Trinajstić information content (AvgIpc) is 2.99. The van der Waals surface area contributed by atoms with Gasteiger partial charge in [-0.2, -0.15) is 0 Å². The van der Waals surface area contributed by atoms with Gasteiger partial charge >= 0.3 is 0 Å². The van der Waals surface area contributed by atoms with Crippen LogP contribution in [0.25, 0.3) is 11.1 Å². The van der Waals surface area contributed by atoms with Gasteiger partial charge in [0, 0.05) is 0 Å². The Bertz CT molecular complexity index is 696. The van der Waals surface area contributed by atoms with Crippen molar-refractivity contribution in [1.29, 1.82) is 0 Å². The van der Waals surface area contributed by atoms with Crippen LogP contribution in [0.1, 0.15) is 61.8 Å². The van der Waals surface area contributed by atoms with E-state index < -0.39 is 0 Å². The number of hydrogen-bond donors (Lipinski definition) is 0. The first-order valence-corrected chi connectivity index (χ1v) is 9.78. The van der Waals surface area contributed by atoms with Crippen molar-refractivity contribution in [1.82, 2.24) is 0 Å². The van der Waals surface area contributed by atoms with Gasteiger partial charge in [-0.05, 0) is 92.2 Å². The van der Waals surface area contributed by atoms with Gasteiger partial charge in [0.25, 0.3) is 0 Å². The summed E-state index contributed by atoms with van der Waals surface area (Å²) in [5, 5.41) is 0. The van der Waals surface area contributed by atoms with E-state index in [0.29, 0.717) is 0 Å². The van der Waals surface area contributed by atoms with E-state index >= 15 is 0 Å². The molecule has 3 rings (SSSR count). The van der Waals surface area contributed by atoms with Crippen molar-refractivity contribution in [2.24, 2.45) is 0 Å². The zero-order valence-electron chi connectivity index (χ0n) is 15.7. The Morgan fingerprint density at radius 1 is 0.720 bits per heavy atom. The molecular weight excluding hydrogens is 300 g/mol. The largest absolute Gasteiger partial charge is 0.0917 e. The first-order valence-electron chi connectivity index (χ1n) is 9.78. The molecule has 2 aromatic carbocycles. The Morgan fingerprint density at radius 2 is 1.20 bits per heavy atom. The number of hydrogen-bond acceptors (Lipinski definition) is 0. The first kappa shape index (κ1) is 17.7. The van der Waals surface area contributed by atoms with Gasteiger partial charge in [-0.1, -0.05) is 60.7 Å². The third-order valence-electron chi connectivity index (χ3n) is 5.15. The molecule has 2 aromatic rings. The van der Waals surface area contributed by atoms with Crippen molar-refractivity contribution < 1.29 is 0 Å². The third kappa shape index (κ3) is 4.51. The molecule has 0 amide bonds. The lowest BCUT2D eigenvalue weighted by Gasteiger charge is -2.06. The molecule has 0 fully saturated rings. The van der Waals surface area contributed by atoms with Crippen LogP contribution in [-0.2, 0) is 19.3 Å². The molecule has 130 valence electrons. The molecule has 0 heteroatoms. The van der Waals surface area contributed by atoms with E-state index in [1.54, 1.807) is 0 Å². The number of rotatable bonds is 8. The van der Waals surface area contributed by atoms with Gasteiger partial charge in [-0.25, -0.2) is 0 Å². The fourth-order valence-corrected chi connectivity index (χ4v) is 3.81. The van der Waals surface area contributed by atoms with Crippen molar-refractivity contribution in [2.75, 3.05) is 0 Å². The van der Waals surface area contributed by atoms with Crippen molar-refractivity contribution in [3.05, 3.63) is 83.0 Å². The van der Waals surface area contributed by atoms with Crippen LogP contribution >= 0.6 is 0 Å². The zero-order valence-corrected chi connectivity index (χ0v) is 15.7. The van der Waals surface area contributed by atoms with Crippen molar-refractivity contribution in [3.63, 3.8) is 0 Å². The van der Waals surface area contributed by atoms with Crippen LogP contribution in [0.3, 0.4) is 0 Å². The van der Waals surface area contributed by atoms with Crippen molar-refractivity contribution in [2.45, 2.75) is 58.8 Å². The maximum absolute atomic E-state index is 2.44. The van der Waals surface area contributed by atoms with Crippen LogP contribution in [0.5, 0.6) is 0 Å². The highest BCUT2D eigenvalue weighted by Crippen LogP contribution is 2.37. The van der Waals surface area contributed by atoms with E-state index in [2.05, 4.69) is 74.5 Å². The highest BCUT2D eigenvalue weighted by molar-refractivity contribution is 5.77. The fourth-order valence-electron chi connectivity index (χ4n) is 3.81. The molecule has 1 aliphatic rings. The molecule has 0 unspecified atom stereocenters. The Labute approximate surface area is 153 Å². The summed E-state index contributed by atoms with van der Waals surface area (Å²) in [6, 6.07) is 14.2. The molecule has 0 saturated heterocycles. The Balaban J connectivity index is 1.66. The monoisotopic (exact) mass is 330 g/mol. The second kappa shape index (κ2) is 8.85. The van der Waals surface area contributed by atoms with Gasteiger partial charge in [-0.15, -0.1) is 0 Å². The molecule has 0 aromatic heterocycles. The van der Waals surface area contributed by atoms with E-state index in [-0.39, 0.29) is 0 Å². The minimum Gasteiger partial charge on any atom is -0.0917 e. The maximum atomic E-state index is 2.44. The summed E-state index contributed by atoms with van der Waals surface area (Å²) in [5.74, 6) is 0. The second-order valence-electron chi connectivity index (χ2n) is 7.08. The normalized spacial score (nSPS) is 12.9. The van der Waals surface area contributed by atoms with Gasteiger partial charge in [0.2, 0.25) is 0 Å². The fraction of sp³-hybridized carbons (Fsp3) is 0.360. The van der Waals surface area contributed by atoms with E-state index in [1.165, 1.54) is 71.9 Å². The van der Waals surface area contributed by atoms with E-state index in [4.69, 9.17) is 0 Å². The summed E-state index contributed by atoms with van der Waals surface area (Å²) in [6.45, 7) is 4.20. The lowest BCUT2D eigenvalue weighted by molar-refractivity contribution is 0.840. The van der Waals surface area contributed by atoms with Gasteiger partial charge in [0.05, 0.1) is 0 Å². The summed E-state index contributed by atoms with van der Waals surface area (Å²) in [6.07, 6.45) is 17.2. The summed E-state index contributed by atoms with van der Waals surface area (Å²) >= 11 is 0. The summed E-state index contributed by atoms with van der Waals surface area (Å²) in [4.78, 5) is 0. The van der Waals surface area contributed by atoms with E-state index in [0.717, 1.165) is 6.42 Å². The van der Waals surface area contributed by atoms with Crippen molar-refractivity contribution >= 4 is 0 Å². The minimum atomic E-state index is 1.11. The minimum absolute atomic E-state index is 1.11. The standard InChI is InChI=1S/C25H30/c1-3-5-7-9-11-20-13-15-24-22(17-20)19-23-18-21(14-16-25(23)24)12-10-8-6-4-2/h3-6,13-18H,7-12,19H2,1-2H3/b5-3+,6-4+. The average molecular weight is 331 g/mol. The predicted molar refractivity (Wildman–Crippen MR) is 110 cm³/mol. The highest BCUT2D eigenvalue weighted by Gasteiger charge is 2.18.